The van der Waals surface area contributed by atoms with Gasteiger partial charge in [-0.3, -0.25) is 19.7 Å². The summed E-state index contributed by atoms with van der Waals surface area (Å²) >= 11 is 0. The highest BCUT2D eigenvalue weighted by molar-refractivity contribution is 6.06. The van der Waals surface area contributed by atoms with Crippen LogP contribution < -0.4 is 10.2 Å². The summed E-state index contributed by atoms with van der Waals surface area (Å²) in [5, 5.41) is 14.2. The van der Waals surface area contributed by atoms with Crippen LogP contribution in [0.25, 0.3) is 0 Å². The number of nitrogens with one attached hydrogen (secondary N) is 1. The number of furan rings is 1. The van der Waals surface area contributed by atoms with E-state index in [1.807, 2.05) is 23.1 Å². The van der Waals surface area contributed by atoms with Crippen molar-refractivity contribution in [2.24, 2.45) is 0 Å². The van der Waals surface area contributed by atoms with E-state index in [9.17, 15) is 19.7 Å². The Balaban J connectivity index is 1.67. The van der Waals surface area contributed by atoms with E-state index in [1.54, 1.807) is 37.5 Å². The molecule has 1 aliphatic heterocycles. The van der Waals surface area contributed by atoms with Gasteiger partial charge in [-0.05, 0) is 69.0 Å². The molecule has 2 heterocycles. The average molecular weight is 519 g/mol. The molecule has 3 aromatic rings. The lowest BCUT2D eigenvalue weighted by molar-refractivity contribution is -0.385. The fourth-order valence-electron chi connectivity index (χ4n) is 4.70. The van der Waals surface area contributed by atoms with Crippen LogP contribution in [-0.4, -0.2) is 41.3 Å². The number of carbonyl (C=O) groups is 2. The Morgan fingerprint density at radius 3 is 2.58 bits per heavy atom. The molecule has 200 valence electrons. The van der Waals surface area contributed by atoms with Gasteiger partial charge < -0.3 is 19.5 Å². The number of aryl methyl sites for hydroxylation is 1. The standard InChI is InChI=1S/C29H34N4O5/c1-3-4-14-32(20-24-9-8-17-38-24)26-13-12-23(19-25(26)29(35)31-15-6-5-7-16-31)30-28(34)22-11-10-21(2)27(18-22)33(36)37/h8-13,17-19H,3-7,14-16,20H2,1-2H3,(H,30,34). The van der Waals surface area contributed by atoms with E-state index in [4.69, 9.17) is 4.42 Å². The largest absolute Gasteiger partial charge is 0.467 e. The number of unbranched alkanes of at least 4 members (excludes halogenated alkanes) is 1. The normalized spacial score (nSPS) is 13.3. The Morgan fingerprint density at radius 2 is 1.89 bits per heavy atom. The lowest BCUT2D eigenvalue weighted by Gasteiger charge is -2.31. The maximum atomic E-state index is 13.8. The minimum atomic E-state index is -0.500. The van der Waals surface area contributed by atoms with Crippen LogP contribution >= 0.6 is 0 Å². The number of anilines is 2. The minimum Gasteiger partial charge on any atom is -0.467 e. The summed E-state index contributed by atoms with van der Waals surface area (Å²) in [6.07, 6.45) is 6.63. The zero-order chi connectivity index (χ0) is 27.1. The van der Waals surface area contributed by atoms with E-state index >= 15 is 0 Å². The number of likely N-dealkylation sites (tertiary alicyclic amines) is 1. The lowest BCUT2D eigenvalue weighted by Crippen LogP contribution is -2.37. The topological polar surface area (TPSA) is 109 Å². The first kappa shape index (κ1) is 26.9. The fourth-order valence-corrected chi connectivity index (χ4v) is 4.70. The third-order valence-electron chi connectivity index (χ3n) is 6.85. The van der Waals surface area contributed by atoms with Gasteiger partial charge in [0.25, 0.3) is 17.5 Å². The van der Waals surface area contributed by atoms with Crippen LogP contribution in [0.4, 0.5) is 17.1 Å². The molecule has 0 radical (unpaired) electrons. The summed E-state index contributed by atoms with van der Waals surface area (Å²) in [5.74, 6) is 0.259. The highest BCUT2D eigenvalue weighted by Crippen LogP contribution is 2.29. The zero-order valence-electron chi connectivity index (χ0n) is 21.9. The van der Waals surface area contributed by atoms with Crippen molar-refractivity contribution in [3.05, 3.63) is 87.4 Å². The lowest BCUT2D eigenvalue weighted by atomic mass is 10.0. The molecule has 0 saturated carbocycles. The summed E-state index contributed by atoms with van der Waals surface area (Å²) in [6.45, 7) is 6.43. The molecular formula is C29H34N4O5. The van der Waals surface area contributed by atoms with Gasteiger partial charge in [-0.15, -0.1) is 0 Å². The maximum Gasteiger partial charge on any atom is 0.273 e. The monoisotopic (exact) mass is 518 g/mol. The van der Waals surface area contributed by atoms with E-state index in [2.05, 4.69) is 17.1 Å². The molecule has 0 bridgehead atoms. The Bertz CT molecular complexity index is 1280. The Kier molecular flexibility index (Phi) is 8.78. The Morgan fingerprint density at radius 1 is 1.11 bits per heavy atom. The first-order valence-corrected chi connectivity index (χ1v) is 13.1. The quantitative estimate of drug-likeness (QED) is 0.253. The van der Waals surface area contributed by atoms with Crippen LogP contribution in [0.3, 0.4) is 0 Å². The molecule has 4 rings (SSSR count). The number of carbonyl (C=O) groups excluding carboxylic acids is 2. The van der Waals surface area contributed by atoms with Gasteiger partial charge in [0.2, 0.25) is 0 Å². The third kappa shape index (κ3) is 6.40. The number of nitro benzene ring substituents is 1. The van der Waals surface area contributed by atoms with Crippen LogP contribution in [0.15, 0.2) is 59.2 Å². The number of hydrogen-bond acceptors (Lipinski definition) is 6. The molecular weight excluding hydrogens is 484 g/mol. The van der Waals surface area contributed by atoms with E-state index in [0.29, 0.717) is 36.4 Å². The van der Waals surface area contributed by atoms with E-state index < -0.39 is 10.8 Å². The number of benzene rings is 2. The van der Waals surface area contributed by atoms with E-state index in [-0.39, 0.29) is 17.2 Å². The predicted molar refractivity (Wildman–Crippen MR) is 147 cm³/mol. The fraction of sp³-hybridized carbons (Fsp3) is 0.379. The predicted octanol–water partition coefficient (Wildman–Crippen LogP) is 6.18. The van der Waals surface area contributed by atoms with Gasteiger partial charge in [0, 0.05) is 42.5 Å². The number of nitrogens with zero attached hydrogens (tertiary/aromatic N) is 3. The van der Waals surface area contributed by atoms with Gasteiger partial charge in [-0.1, -0.05) is 19.4 Å². The highest BCUT2D eigenvalue weighted by atomic mass is 16.6. The minimum absolute atomic E-state index is 0.0669. The number of rotatable bonds is 10. The molecule has 38 heavy (non-hydrogen) atoms. The molecule has 1 saturated heterocycles. The van der Waals surface area contributed by atoms with Crippen LogP contribution in [-0.2, 0) is 6.54 Å². The van der Waals surface area contributed by atoms with Crippen molar-refractivity contribution in [3.8, 4) is 0 Å². The van der Waals surface area contributed by atoms with Crippen LogP contribution in [0, 0.1) is 17.0 Å². The molecule has 0 aliphatic carbocycles. The Hall–Kier alpha value is -4.14. The van der Waals surface area contributed by atoms with Crippen molar-refractivity contribution >= 4 is 28.9 Å². The van der Waals surface area contributed by atoms with Crippen molar-refractivity contribution in [1.82, 2.24) is 4.90 Å². The molecule has 1 aliphatic rings. The summed E-state index contributed by atoms with van der Waals surface area (Å²) in [5.41, 5.74) is 2.30. The summed E-state index contributed by atoms with van der Waals surface area (Å²) in [4.78, 5) is 41.6. The number of amides is 2. The molecule has 9 heteroatoms. The molecule has 2 aromatic carbocycles. The van der Waals surface area contributed by atoms with Crippen molar-refractivity contribution < 1.29 is 18.9 Å². The summed E-state index contributed by atoms with van der Waals surface area (Å²) in [7, 11) is 0. The first-order valence-electron chi connectivity index (χ1n) is 13.1. The van der Waals surface area contributed by atoms with Crippen molar-refractivity contribution in [2.45, 2.75) is 52.5 Å². The second-order valence-corrected chi connectivity index (χ2v) is 9.65. The third-order valence-corrected chi connectivity index (χ3v) is 6.85. The van der Waals surface area contributed by atoms with Gasteiger partial charge in [0.15, 0.2) is 0 Å². The number of hydrogen-bond donors (Lipinski definition) is 1. The highest BCUT2D eigenvalue weighted by Gasteiger charge is 2.25. The summed E-state index contributed by atoms with van der Waals surface area (Å²) in [6, 6.07) is 13.5. The first-order chi connectivity index (χ1) is 18.4. The van der Waals surface area contributed by atoms with E-state index in [1.165, 1.54) is 6.07 Å². The van der Waals surface area contributed by atoms with Crippen molar-refractivity contribution in [1.29, 1.82) is 0 Å². The zero-order valence-corrected chi connectivity index (χ0v) is 21.9. The van der Waals surface area contributed by atoms with Gasteiger partial charge >= 0.3 is 0 Å². The second-order valence-electron chi connectivity index (χ2n) is 9.65. The molecule has 0 spiro atoms. The Labute approximate surface area is 222 Å². The number of nitro groups is 1. The second kappa shape index (κ2) is 12.4. The van der Waals surface area contributed by atoms with Crippen LogP contribution in [0.2, 0.25) is 0 Å². The number of piperidine rings is 1. The van der Waals surface area contributed by atoms with Crippen molar-refractivity contribution in [2.75, 3.05) is 29.9 Å². The SMILES string of the molecule is CCCCN(Cc1ccco1)c1ccc(NC(=O)c2ccc(C)c([N+](=O)[O-])c2)cc1C(=O)N1CCCCC1. The molecule has 2 amide bonds. The molecule has 0 unspecified atom stereocenters. The molecule has 0 atom stereocenters. The van der Waals surface area contributed by atoms with Gasteiger partial charge in [-0.25, -0.2) is 0 Å². The molecule has 1 aromatic heterocycles. The molecule has 9 nitrogen and oxygen atoms in total. The van der Waals surface area contributed by atoms with Gasteiger partial charge in [0.1, 0.15) is 5.76 Å². The van der Waals surface area contributed by atoms with Gasteiger partial charge in [-0.2, -0.15) is 0 Å². The van der Waals surface area contributed by atoms with Crippen LogP contribution in [0.5, 0.6) is 0 Å². The maximum absolute atomic E-state index is 13.8. The van der Waals surface area contributed by atoms with Crippen LogP contribution in [0.1, 0.15) is 71.1 Å². The van der Waals surface area contributed by atoms with E-state index in [0.717, 1.165) is 50.1 Å². The molecule has 1 fully saturated rings. The smallest absolute Gasteiger partial charge is 0.273 e. The summed E-state index contributed by atoms with van der Waals surface area (Å²) < 4.78 is 5.60. The van der Waals surface area contributed by atoms with Crippen molar-refractivity contribution in [3.63, 3.8) is 0 Å². The average Bonchev–Trinajstić information content (AvgIpc) is 3.44. The van der Waals surface area contributed by atoms with Gasteiger partial charge in [0.05, 0.1) is 29.0 Å². The molecule has 1 N–H and O–H groups in total.